The van der Waals surface area contributed by atoms with Gasteiger partial charge in [0.15, 0.2) is 0 Å². The number of para-hydroxylation sites is 1. The Morgan fingerprint density at radius 3 is 2.39 bits per heavy atom. The molecule has 0 saturated carbocycles. The summed E-state index contributed by atoms with van der Waals surface area (Å²) in [6, 6.07) is 10.4. The van der Waals surface area contributed by atoms with E-state index in [1.807, 2.05) is 31.7 Å². The van der Waals surface area contributed by atoms with Crippen LogP contribution in [0.4, 0.5) is 11.4 Å². The molecule has 0 spiro atoms. The van der Waals surface area contributed by atoms with Crippen LogP contribution in [0.5, 0.6) is 5.75 Å². The van der Waals surface area contributed by atoms with E-state index in [1.54, 1.807) is 30.3 Å². The molecule has 2 amide bonds. The summed E-state index contributed by atoms with van der Waals surface area (Å²) in [4.78, 5) is 29.1. The molecule has 0 unspecified atom stereocenters. The molecule has 1 saturated heterocycles. The van der Waals surface area contributed by atoms with Gasteiger partial charge in [-0.25, -0.2) is 0 Å². The number of amides is 2. The Kier molecular flexibility index (Phi) is 7.68. The number of anilines is 2. The Bertz CT molecular complexity index is 957. The normalized spacial score (nSPS) is 14.0. The predicted molar refractivity (Wildman–Crippen MR) is 126 cm³/mol. The lowest BCUT2D eigenvalue weighted by molar-refractivity contribution is -0.134. The van der Waals surface area contributed by atoms with Gasteiger partial charge in [0.25, 0.3) is 5.91 Å². The van der Waals surface area contributed by atoms with Crippen molar-refractivity contribution in [1.29, 1.82) is 0 Å². The van der Waals surface area contributed by atoms with E-state index in [4.69, 9.17) is 27.9 Å². The minimum Gasteiger partial charge on any atom is -0.492 e. The quantitative estimate of drug-likeness (QED) is 0.658. The summed E-state index contributed by atoms with van der Waals surface area (Å²) in [5.74, 6) is 0.377. The minimum atomic E-state index is -0.290. The first kappa shape index (κ1) is 23.2. The van der Waals surface area contributed by atoms with Gasteiger partial charge in [0.1, 0.15) is 5.75 Å². The van der Waals surface area contributed by atoms with E-state index in [0.717, 1.165) is 5.69 Å². The Morgan fingerprint density at radius 1 is 1.06 bits per heavy atom. The molecule has 1 aliphatic heterocycles. The van der Waals surface area contributed by atoms with Crippen molar-refractivity contribution in [2.24, 2.45) is 5.92 Å². The van der Waals surface area contributed by atoms with Crippen molar-refractivity contribution in [3.63, 3.8) is 0 Å². The molecule has 0 aliphatic carbocycles. The van der Waals surface area contributed by atoms with Crippen LogP contribution in [0.3, 0.4) is 0 Å². The number of carbonyl (C=O) groups is 2. The van der Waals surface area contributed by atoms with Gasteiger partial charge in [-0.05, 0) is 37.3 Å². The number of nitrogens with zero attached hydrogens (tertiary/aromatic N) is 2. The van der Waals surface area contributed by atoms with Crippen molar-refractivity contribution in [2.75, 3.05) is 43.0 Å². The predicted octanol–water partition coefficient (Wildman–Crippen LogP) is 4.95. The van der Waals surface area contributed by atoms with Crippen LogP contribution >= 0.6 is 23.2 Å². The number of carbonyl (C=O) groups excluding carboxylic acids is 2. The lowest BCUT2D eigenvalue weighted by Gasteiger charge is -2.38. The maximum atomic E-state index is 12.9. The third-order valence-corrected chi connectivity index (χ3v) is 5.73. The Labute approximate surface area is 193 Å². The molecule has 0 aromatic heterocycles. The van der Waals surface area contributed by atoms with E-state index >= 15 is 0 Å². The van der Waals surface area contributed by atoms with Gasteiger partial charge in [-0.2, -0.15) is 0 Å². The van der Waals surface area contributed by atoms with Crippen LogP contribution in [-0.2, 0) is 4.79 Å². The van der Waals surface area contributed by atoms with E-state index in [-0.39, 0.29) is 17.7 Å². The summed E-state index contributed by atoms with van der Waals surface area (Å²) in [6.07, 6.45) is 0. The summed E-state index contributed by atoms with van der Waals surface area (Å²) in [6.45, 7) is 8.69. The summed E-state index contributed by atoms with van der Waals surface area (Å²) >= 11 is 12.7. The highest BCUT2D eigenvalue weighted by molar-refractivity contribution is 6.34. The van der Waals surface area contributed by atoms with Crippen LogP contribution < -0.4 is 15.0 Å². The molecule has 1 N–H and O–H groups in total. The molecule has 1 fully saturated rings. The van der Waals surface area contributed by atoms with Crippen molar-refractivity contribution in [3.05, 3.63) is 52.0 Å². The standard InChI is InChI=1S/C23H27Cl2N3O3/c1-4-31-20-9-8-16(14-18(20)25)22(29)26-19-7-5-6-17(24)21(19)27-10-12-28(13-11-27)23(30)15(2)3/h5-9,14-15H,4,10-13H2,1-3H3,(H,26,29). The highest BCUT2D eigenvalue weighted by Crippen LogP contribution is 2.35. The number of ether oxygens (including phenoxy) is 1. The van der Waals surface area contributed by atoms with Crippen LogP contribution in [0, 0.1) is 5.92 Å². The average Bonchev–Trinajstić information content (AvgIpc) is 2.75. The molecule has 0 bridgehead atoms. The minimum absolute atomic E-state index is 0.0253. The van der Waals surface area contributed by atoms with E-state index in [0.29, 0.717) is 59.8 Å². The number of rotatable bonds is 6. The van der Waals surface area contributed by atoms with Gasteiger partial charge < -0.3 is 19.9 Å². The third-order valence-electron chi connectivity index (χ3n) is 5.13. The zero-order chi connectivity index (χ0) is 22.5. The SMILES string of the molecule is CCOc1ccc(C(=O)Nc2cccc(Cl)c2N2CCN(C(=O)C(C)C)CC2)cc1Cl. The number of hydrogen-bond donors (Lipinski definition) is 1. The number of piperazine rings is 1. The fraction of sp³-hybridized carbons (Fsp3) is 0.391. The molecule has 2 aromatic rings. The van der Waals surface area contributed by atoms with Crippen LogP contribution in [0.1, 0.15) is 31.1 Å². The first-order valence-electron chi connectivity index (χ1n) is 10.4. The third kappa shape index (κ3) is 5.43. The smallest absolute Gasteiger partial charge is 0.255 e. The number of nitrogens with one attached hydrogen (secondary N) is 1. The highest BCUT2D eigenvalue weighted by Gasteiger charge is 2.26. The van der Waals surface area contributed by atoms with Gasteiger partial charge in [0.05, 0.1) is 28.0 Å². The van der Waals surface area contributed by atoms with Crippen LogP contribution in [0.2, 0.25) is 10.0 Å². The fourth-order valence-corrected chi connectivity index (χ4v) is 4.09. The van der Waals surface area contributed by atoms with Crippen molar-refractivity contribution < 1.29 is 14.3 Å². The Morgan fingerprint density at radius 2 is 1.77 bits per heavy atom. The molecular formula is C23H27Cl2N3O3. The van der Waals surface area contributed by atoms with E-state index in [1.165, 1.54) is 0 Å². The molecule has 0 radical (unpaired) electrons. The zero-order valence-electron chi connectivity index (χ0n) is 18.0. The summed E-state index contributed by atoms with van der Waals surface area (Å²) < 4.78 is 5.43. The maximum Gasteiger partial charge on any atom is 0.255 e. The molecule has 6 nitrogen and oxygen atoms in total. The van der Waals surface area contributed by atoms with E-state index in [9.17, 15) is 9.59 Å². The van der Waals surface area contributed by atoms with Gasteiger partial charge in [-0.3, -0.25) is 9.59 Å². The summed E-state index contributed by atoms with van der Waals surface area (Å²) in [5.41, 5.74) is 1.80. The second-order valence-corrected chi connectivity index (χ2v) is 8.45. The van der Waals surface area contributed by atoms with Crippen molar-refractivity contribution in [1.82, 2.24) is 4.90 Å². The monoisotopic (exact) mass is 463 g/mol. The summed E-state index contributed by atoms with van der Waals surface area (Å²) in [7, 11) is 0. The Balaban J connectivity index is 1.77. The molecule has 8 heteroatoms. The largest absolute Gasteiger partial charge is 0.492 e. The van der Waals surface area contributed by atoms with Crippen molar-refractivity contribution in [2.45, 2.75) is 20.8 Å². The molecule has 31 heavy (non-hydrogen) atoms. The first-order chi connectivity index (χ1) is 14.8. The van der Waals surface area contributed by atoms with E-state index in [2.05, 4.69) is 10.2 Å². The van der Waals surface area contributed by atoms with Crippen LogP contribution in [-0.4, -0.2) is 49.5 Å². The molecule has 0 atom stereocenters. The number of benzene rings is 2. The van der Waals surface area contributed by atoms with Gasteiger partial charge in [0, 0.05) is 37.7 Å². The average molecular weight is 464 g/mol. The zero-order valence-corrected chi connectivity index (χ0v) is 19.5. The van der Waals surface area contributed by atoms with Crippen molar-refractivity contribution >= 4 is 46.4 Å². The highest BCUT2D eigenvalue weighted by atomic mass is 35.5. The van der Waals surface area contributed by atoms with Crippen LogP contribution in [0.15, 0.2) is 36.4 Å². The van der Waals surface area contributed by atoms with E-state index < -0.39 is 0 Å². The lowest BCUT2D eigenvalue weighted by atomic mass is 10.1. The molecule has 3 rings (SSSR count). The molecular weight excluding hydrogens is 437 g/mol. The second kappa shape index (κ2) is 10.2. The summed E-state index contributed by atoms with van der Waals surface area (Å²) in [5, 5.41) is 3.88. The van der Waals surface area contributed by atoms with Gasteiger partial charge in [0.2, 0.25) is 5.91 Å². The number of hydrogen-bond acceptors (Lipinski definition) is 4. The van der Waals surface area contributed by atoms with Crippen molar-refractivity contribution in [3.8, 4) is 5.75 Å². The van der Waals surface area contributed by atoms with Gasteiger partial charge >= 0.3 is 0 Å². The Hall–Kier alpha value is -2.44. The second-order valence-electron chi connectivity index (χ2n) is 7.64. The van der Waals surface area contributed by atoms with Gasteiger partial charge in [-0.15, -0.1) is 0 Å². The maximum absolute atomic E-state index is 12.9. The molecule has 166 valence electrons. The first-order valence-corrected chi connectivity index (χ1v) is 11.1. The molecule has 2 aromatic carbocycles. The molecule has 1 heterocycles. The van der Waals surface area contributed by atoms with Crippen LogP contribution in [0.25, 0.3) is 0 Å². The molecule has 1 aliphatic rings. The van der Waals surface area contributed by atoms with Gasteiger partial charge in [-0.1, -0.05) is 43.1 Å². The topological polar surface area (TPSA) is 61.9 Å². The fourth-order valence-electron chi connectivity index (χ4n) is 3.56. The lowest BCUT2D eigenvalue weighted by Crippen LogP contribution is -2.50. The number of halogens is 2.